The molecule has 1 amide bonds. The van der Waals surface area contributed by atoms with Crippen LogP contribution in [0.4, 0.5) is 4.79 Å². The Kier molecular flexibility index (Phi) is 4.86. The van der Waals surface area contributed by atoms with Crippen LogP contribution >= 0.6 is 0 Å². The number of nitrogens with zero attached hydrogens (tertiary/aromatic N) is 2. The molecule has 1 aliphatic rings. The average molecular weight is 290 g/mol. The molecule has 0 atom stereocenters. The zero-order valence-electron chi connectivity index (χ0n) is 13.6. The SMILES string of the molecule is Cc1ccc(CC2CCN(C(=O)OC(C)(C)C)CC2)nc1. The topological polar surface area (TPSA) is 42.4 Å². The number of aryl methyl sites for hydroxylation is 1. The fourth-order valence-corrected chi connectivity index (χ4v) is 2.56. The van der Waals surface area contributed by atoms with Gasteiger partial charge in [-0.2, -0.15) is 0 Å². The number of aromatic nitrogens is 1. The summed E-state index contributed by atoms with van der Waals surface area (Å²) in [7, 11) is 0. The number of pyridine rings is 1. The molecule has 1 aromatic heterocycles. The first-order valence-electron chi connectivity index (χ1n) is 7.73. The van der Waals surface area contributed by atoms with Gasteiger partial charge >= 0.3 is 6.09 Å². The molecule has 0 saturated carbocycles. The van der Waals surface area contributed by atoms with E-state index >= 15 is 0 Å². The van der Waals surface area contributed by atoms with Crippen LogP contribution in [-0.4, -0.2) is 34.7 Å². The highest BCUT2D eigenvalue weighted by molar-refractivity contribution is 5.68. The molecule has 0 bridgehead atoms. The highest BCUT2D eigenvalue weighted by atomic mass is 16.6. The number of amides is 1. The van der Waals surface area contributed by atoms with Crippen molar-refractivity contribution in [2.24, 2.45) is 5.92 Å². The minimum atomic E-state index is -0.417. The molecule has 0 unspecified atom stereocenters. The lowest BCUT2D eigenvalue weighted by Crippen LogP contribution is -2.42. The van der Waals surface area contributed by atoms with Crippen LogP contribution < -0.4 is 0 Å². The van der Waals surface area contributed by atoms with Gasteiger partial charge in [-0.15, -0.1) is 0 Å². The second kappa shape index (κ2) is 6.46. The zero-order valence-corrected chi connectivity index (χ0v) is 13.6. The Morgan fingerprint density at radius 1 is 1.33 bits per heavy atom. The monoisotopic (exact) mass is 290 g/mol. The molecule has 0 radical (unpaired) electrons. The number of rotatable bonds is 2. The van der Waals surface area contributed by atoms with Gasteiger partial charge in [0.15, 0.2) is 0 Å². The molecule has 0 aliphatic carbocycles. The van der Waals surface area contributed by atoms with Crippen molar-refractivity contribution in [1.82, 2.24) is 9.88 Å². The van der Waals surface area contributed by atoms with E-state index in [1.165, 1.54) is 5.56 Å². The summed E-state index contributed by atoms with van der Waals surface area (Å²) < 4.78 is 5.42. The van der Waals surface area contributed by atoms with E-state index in [0.29, 0.717) is 5.92 Å². The van der Waals surface area contributed by atoms with Crippen LogP contribution in [0.25, 0.3) is 0 Å². The van der Waals surface area contributed by atoms with Crippen molar-refractivity contribution < 1.29 is 9.53 Å². The number of hydrogen-bond donors (Lipinski definition) is 0. The van der Waals surface area contributed by atoms with Crippen LogP contribution in [0.1, 0.15) is 44.9 Å². The van der Waals surface area contributed by atoms with Crippen molar-refractivity contribution >= 4 is 6.09 Å². The van der Waals surface area contributed by atoms with Gasteiger partial charge in [0, 0.05) is 25.0 Å². The Labute approximate surface area is 127 Å². The van der Waals surface area contributed by atoms with E-state index in [2.05, 4.69) is 24.0 Å². The first-order chi connectivity index (χ1) is 9.83. The molecule has 0 spiro atoms. The van der Waals surface area contributed by atoms with Crippen molar-refractivity contribution in [2.45, 2.75) is 52.6 Å². The van der Waals surface area contributed by atoms with Gasteiger partial charge in [-0.05, 0) is 64.5 Å². The Hall–Kier alpha value is -1.58. The smallest absolute Gasteiger partial charge is 0.410 e. The normalized spacial score (nSPS) is 16.9. The maximum Gasteiger partial charge on any atom is 0.410 e. The summed E-state index contributed by atoms with van der Waals surface area (Å²) in [6.07, 6.45) is 4.78. The summed E-state index contributed by atoms with van der Waals surface area (Å²) in [5, 5.41) is 0. The maximum absolute atomic E-state index is 12.0. The van der Waals surface area contributed by atoms with Crippen LogP contribution in [-0.2, 0) is 11.2 Å². The lowest BCUT2D eigenvalue weighted by molar-refractivity contribution is 0.0184. The Bertz CT molecular complexity index is 469. The van der Waals surface area contributed by atoms with Crippen LogP contribution in [0.15, 0.2) is 18.3 Å². The number of carbonyl (C=O) groups is 1. The Balaban J connectivity index is 1.80. The van der Waals surface area contributed by atoms with Gasteiger partial charge in [-0.1, -0.05) is 6.07 Å². The molecule has 4 nitrogen and oxygen atoms in total. The molecule has 1 aliphatic heterocycles. The zero-order chi connectivity index (χ0) is 15.5. The lowest BCUT2D eigenvalue weighted by Gasteiger charge is -2.33. The summed E-state index contributed by atoms with van der Waals surface area (Å²) in [4.78, 5) is 18.3. The van der Waals surface area contributed by atoms with Gasteiger partial charge in [0.05, 0.1) is 0 Å². The molecule has 21 heavy (non-hydrogen) atoms. The molecule has 2 heterocycles. The molecular weight excluding hydrogens is 264 g/mol. The van der Waals surface area contributed by atoms with Crippen molar-refractivity contribution in [3.05, 3.63) is 29.6 Å². The van der Waals surface area contributed by atoms with Gasteiger partial charge < -0.3 is 9.64 Å². The van der Waals surface area contributed by atoms with Crippen LogP contribution in [0.5, 0.6) is 0 Å². The molecule has 0 N–H and O–H groups in total. The largest absolute Gasteiger partial charge is 0.444 e. The van der Waals surface area contributed by atoms with Crippen molar-refractivity contribution in [3.63, 3.8) is 0 Å². The van der Waals surface area contributed by atoms with E-state index in [0.717, 1.165) is 38.0 Å². The van der Waals surface area contributed by atoms with E-state index in [1.807, 2.05) is 31.9 Å². The first kappa shape index (κ1) is 15.8. The van der Waals surface area contributed by atoms with Crippen LogP contribution in [0.3, 0.4) is 0 Å². The van der Waals surface area contributed by atoms with E-state index in [9.17, 15) is 4.79 Å². The molecular formula is C17H26N2O2. The maximum atomic E-state index is 12.0. The lowest BCUT2D eigenvalue weighted by atomic mass is 9.92. The van der Waals surface area contributed by atoms with Crippen molar-refractivity contribution in [1.29, 1.82) is 0 Å². The van der Waals surface area contributed by atoms with Crippen LogP contribution in [0.2, 0.25) is 0 Å². The van der Waals surface area contributed by atoms with E-state index in [4.69, 9.17) is 4.74 Å². The Morgan fingerprint density at radius 2 is 2.00 bits per heavy atom. The summed E-state index contributed by atoms with van der Waals surface area (Å²) in [5.41, 5.74) is 1.93. The van der Waals surface area contributed by atoms with Gasteiger partial charge in [0.2, 0.25) is 0 Å². The van der Waals surface area contributed by atoms with Gasteiger partial charge in [0.1, 0.15) is 5.60 Å². The molecule has 1 saturated heterocycles. The van der Waals surface area contributed by atoms with Crippen LogP contribution in [0, 0.1) is 12.8 Å². The highest BCUT2D eigenvalue weighted by Gasteiger charge is 2.26. The first-order valence-corrected chi connectivity index (χ1v) is 7.73. The second-order valence-corrected chi connectivity index (χ2v) is 6.94. The molecule has 0 aromatic carbocycles. The molecule has 4 heteroatoms. The average Bonchev–Trinajstić information content (AvgIpc) is 2.40. The molecule has 1 aromatic rings. The number of carbonyl (C=O) groups excluding carboxylic acids is 1. The predicted molar refractivity (Wildman–Crippen MR) is 83.2 cm³/mol. The third-order valence-electron chi connectivity index (χ3n) is 3.74. The third kappa shape index (κ3) is 5.03. The predicted octanol–water partition coefficient (Wildman–Crippen LogP) is 3.58. The van der Waals surface area contributed by atoms with E-state index in [-0.39, 0.29) is 6.09 Å². The summed E-state index contributed by atoms with van der Waals surface area (Å²) >= 11 is 0. The minimum absolute atomic E-state index is 0.186. The number of ether oxygens (including phenoxy) is 1. The number of piperidine rings is 1. The van der Waals surface area contributed by atoms with E-state index in [1.54, 1.807) is 0 Å². The second-order valence-electron chi connectivity index (χ2n) is 6.94. The van der Waals surface area contributed by atoms with Gasteiger partial charge in [0.25, 0.3) is 0 Å². The molecule has 116 valence electrons. The van der Waals surface area contributed by atoms with E-state index < -0.39 is 5.60 Å². The summed E-state index contributed by atoms with van der Waals surface area (Å²) in [6, 6.07) is 4.22. The fourth-order valence-electron chi connectivity index (χ4n) is 2.56. The standard InChI is InChI=1S/C17H26N2O2/c1-13-5-6-15(18-12-13)11-14-7-9-19(10-8-14)16(20)21-17(2,3)4/h5-6,12,14H,7-11H2,1-4H3. The third-order valence-corrected chi connectivity index (χ3v) is 3.74. The number of hydrogen-bond acceptors (Lipinski definition) is 3. The van der Waals surface area contributed by atoms with Crippen molar-refractivity contribution in [3.8, 4) is 0 Å². The minimum Gasteiger partial charge on any atom is -0.444 e. The highest BCUT2D eigenvalue weighted by Crippen LogP contribution is 2.22. The summed E-state index contributed by atoms with van der Waals surface area (Å²) in [5.74, 6) is 0.610. The van der Waals surface area contributed by atoms with Gasteiger partial charge in [-0.3, -0.25) is 4.98 Å². The molecule has 1 fully saturated rings. The van der Waals surface area contributed by atoms with Gasteiger partial charge in [-0.25, -0.2) is 4.79 Å². The molecule has 2 rings (SSSR count). The van der Waals surface area contributed by atoms with Crippen molar-refractivity contribution in [2.75, 3.05) is 13.1 Å². The Morgan fingerprint density at radius 3 is 2.52 bits per heavy atom. The summed E-state index contributed by atoms with van der Waals surface area (Å²) in [6.45, 7) is 9.33. The fraction of sp³-hybridized carbons (Fsp3) is 0.647. The quantitative estimate of drug-likeness (QED) is 0.836. The number of likely N-dealkylation sites (tertiary alicyclic amines) is 1.